The fourth-order valence-corrected chi connectivity index (χ4v) is 2.77. The van der Waals surface area contributed by atoms with Gasteiger partial charge < -0.3 is 10.5 Å². The maximum absolute atomic E-state index is 6.11. The van der Waals surface area contributed by atoms with Gasteiger partial charge in [0.05, 0.1) is 12.6 Å². The molecule has 1 fully saturated rings. The van der Waals surface area contributed by atoms with E-state index in [9.17, 15) is 0 Å². The molecule has 106 valence electrons. The van der Waals surface area contributed by atoms with Gasteiger partial charge >= 0.3 is 0 Å². The number of ether oxygens (including phenoxy) is 1. The lowest BCUT2D eigenvalue weighted by atomic mass is 10.1. The molecular weight excluding hydrogens is 260 g/mol. The Hall–Kier alpha value is -0.770. The van der Waals surface area contributed by atoms with Gasteiger partial charge in [0.15, 0.2) is 0 Å². The molecule has 1 aliphatic heterocycles. The second-order valence-corrected chi connectivity index (χ2v) is 6.03. The second kappa shape index (κ2) is 6.60. The van der Waals surface area contributed by atoms with Crippen LogP contribution in [0.4, 0.5) is 0 Å². The molecule has 19 heavy (non-hydrogen) atoms. The maximum atomic E-state index is 6.11. The van der Waals surface area contributed by atoms with Gasteiger partial charge in [-0.25, -0.2) is 0 Å². The molecular formula is C15H24ClN2O+. The highest BCUT2D eigenvalue weighted by Crippen LogP contribution is 2.27. The number of quaternary nitrogens is 1. The van der Waals surface area contributed by atoms with Crippen LogP contribution in [-0.4, -0.2) is 30.6 Å². The van der Waals surface area contributed by atoms with Crippen molar-refractivity contribution in [3.05, 3.63) is 28.8 Å². The highest BCUT2D eigenvalue weighted by Gasteiger charge is 2.23. The smallest absolute Gasteiger partial charge is 0.124 e. The minimum Gasteiger partial charge on any atom is -0.491 e. The van der Waals surface area contributed by atoms with Crippen LogP contribution in [-0.2, 0) is 6.54 Å². The molecule has 0 radical (unpaired) electrons. The van der Waals surface area contributed by atoms with Crippen molar-refractivity contribution < 1.29 is 10.5 Å². The van der Waals surface area contributed by atoms with E-state index in [-0.39, 0.29) is 6.10 Å². The van der Waals surface area contributed by atoms with Crippen molar-refractivity contribution in [1.82, 2.24) is 4.90 Å². The van der Waals surface area contributed by atoms with E-state index in [0.717, 1.165) is 42.9 Å². The first-order valence-corrected chi connectivity index (χ1v) is 7.43. The number of likely N-dealkylation sites (tertiary alicyclic amines) is 1. The van der Waals surface area contributed by atoms with E-state index in [4.69, 9.17) is 16.3 Å². The van der Waals surface area contributed by atoms with Gasteiger partial charge in [0.25, 0.3) is 0 Å². The average molecular weight is 284 g/mol. The van der Waals surface area contributed by atoms with Gasteiger partial charge in [-0.2, -0.15) is 0 Å². The van der Waals surface area contributed by atoms with Gasteiger partial charge in [0.2, 0.25) is 0 Å². The van der Waals surface area contributed by atoms with Crippen LogP contribution in [0.3, 0.4) is 0 Å². The first-order chi connectivity index (χ1) is 9.08. The Morgan fingerprint density at radius 2 is 2.26 bits per heavy atom. The average Bonchev–Trinajstić information content (AvgIpc) is 2.80. The lowest BCUT2D eigenvalue weighted by Gasteiger charge is -2.19. The molecule has 0 bridgehead atoms. The Kier molecular flexibility index (Phi) is 5.08. The molecule has 0 spiro atoms. The third-order valence-corrected chi connectivity index (χ3v) is 3.79. The van der Waals surface area contributed by atoms with Gasteiger partial charge in [-0.3, -0.25) is 4.90 Å². The second-order valence-electron chi connectivity index (χ2n) is 5.60. The Morgan fingerprint density at radius 1 is 1.47 bits per heavy atom. The molecule has 1 heterocycles. The summed E-state index contributed by atoms with van der Waals surface area (Å²) in [6, 6.07) is 5.90. The molecule has 1 aromatic rings. The van der Waals surface area contributed by atoms with Gasteiger partial charge in [0.1, 0.15) is 5.75 Å². The molecule has 1 saturated heterocycles. The molecule has 2 rings (SSSR count). The molecule has 0 unspecified atom stereocenters. The predicted molar refractivity (Wildman–Crippen MR) is 78.4 cm³/mol. The molecule has 0 aromatic heterocycles. The third kappa shape index (κ3) is 4.10. The number of hydrogen-bond donors (Lipinski definition) is 1. The van der Waals surface area contributed by atoms with Crippen LogP contribution in [0, 0.1) is 5.92 Å². The number of halogens is 1. The largest absolute Gasteiger partial charge is 0.491 e. The molecule has 1 atom stereocenters. The summed E-state index contributed by atoms with van der Waals surface area (Å²) in [6.45, 7) is 8.32. The van der Waals surface area contributed by atoms with Crippen LogP contribution < -0.4 is 10.5 Å². The normalized spacial score (nSPS) is 20.2. The Morgan fingerprint density at radius 3 is 2.89 bits per heavy atom. The molecule has 0 saturated carbocycles. The summed E-state index contributed by atoms with van der Waals surface area (Å²) in [6.07, 6.45) is 1.44. The lowest BCUT2D eigenvalue weighted by molar-refractivity contribution is -0.378. The van der Waals surface area contributed by atoms with E-state index < -0.39 is 0 Å². The predicted octanol–water partition coefficient (Wildman–Crippen LogP) is 2.19. The lowest BCUT2D eigenvalue weighted by Crippen LogP contribution is -2.54. The molecule has 1 aliphatic rings. The minimum absolute atomic E-state index is 0.186. The SMILES string of the molecule is CC(C)Oc1ccc(Cl)cc1CN1CC[C@@H](C[NH3+])C1. The van der Waals surface area contributed by atoms with E-state index >= 15 is 0 Å². The molecule has 1 aromatic carbocycles. The van der Waals surface area contributed by atoms with Crippen molar-refractivity contribution in [2.24, 2.45) is 5.92 Å². The van der Waals surface area contributed by atoms with Gasteiger partial charge in [-0.15, -0.1) is 0 Å². The van der Waals surface area contributed by atoms with Crippen LogP contribution in [0.5, 0.6) is 5.75 Å². The zero-order valence-corrected chi connectivity index (χ0v) is 12.6. The van der Waals surface area contributed by atoms with E-state index in [0.29, 0.717) is 0 Å². The molecule has 0 aliphatic carbocycles. The number of hydrogen-bond acceptors (Lipinski definition) is 2. The topological polar surface area (TPSA) is 40.1 Å². The van der Waals surface area contributed by atoms with Crippen LogP contribution >= 0.6 is 11.6 Å². The van der Waals surface area contributed by atoms with E-state index in [1.165, 1.54) is 12.0 Å². The first kappa shape index (κ1) is 14.6. The third-order valence-electron chi connectivity index (χ3n) is 3.56. The standard InChI is InChI=1S/C15H23ClN2O/c1-11(2)19-15-4-3-14(16)7-13(15)10-18-6-5-12(8-17)9-18/h3-4,7,11-12H,5-6,8-10,17H2,1-2H3/p+1/t12-/m0/s1. The van der Waals surface area contributed by atoms with Crippen molar-refractivity contribution in [1.29, 1.82) is 0 Å². The first-order valence-electron chi connectivity index (χ1n) is 7.05. The Labute approximate surface area is 120 Å². The summed E-state index contributed by atoms with van der Waals surface area (Å²) in [7, 11) is 0. The Balaban J connectivity index is 2.08. The van der Waals surface area contributed by atoms with Crippen LogP contribution in [0.15, 0.2) is 18.2 Å². The van der Waals surface area contributed by atoms with Crippen LogP contribution in [0.2, 0.25) is 5.02 Å². The zero-order chi connectivity index (χ0) is 13.8. The monoisotopic (exact) mass is 283 g/mol. The number of nitrogens with zero attached hydrogens (tertiary/aromatic N) is 1. The highest BCUT2D eigenvalue weighted by atomic mass is 35.5. The summed E-state index contributed by atoms with van der Waals surface area (Å²) in [5, 5.41) is 0.777. The molecule has 0 amide bonds. The summed E-state index contributed by atoms with van der Waals surface area (Å²) >= 11 is 6.11. The maximum Gasteiger partial charge on any atom is 0.124 e. The van der Waals surface area contributed by atoms with Gasteiger partial charge in [0, 0.05) is 29.6 Å². The highest BCUT2D eigenvalue weighted by molar-refractivity contribution is 6.30. The van der Waals surface area contributed by atoms with Gasteiger partial charge in [-0.05, 0) is 45.0 Å². The zero-order valence-electron chi connectivity index (χ0n) is 11.9. The fraction of sp³-hybridized carbons (Fsp3) is 0.600. The van der Waals surface area contributed by atoms with Gasteiger partial charge in [-0.1, -0.05) is 11.6 Å². The summed E-state index contributed by atoms with van der Waals surface area (Å²) < 4.78 is 5.87. The van der Waals surface area contributed by atoms with Crippen molar-refractivity contribution >= 4 is 11.6 Å². The fourth-order valence-electron chi connectivity index (χ4n) is 2.57. The van der Waals surface area contributed by atoms with Crippen molar-refractivity contribution in [3.8, 4) is 5.75 Å². The summed E-state index contributed by atoms with van der Waals surface area (Å²) in [5.41, 5.74) is 5.19. The van der Waals surface area contributed by atoms with Crippen LogP contribution in [0.25, 0.3) is 0 Å². The number of rotatable bonds is 5. The van der Waals surface area contributed by atoms with Crippen molar-refractivity contribution in [2.45, 2.75) is 32.9 Å². The van der Waals surface area contributed by atoms with Crippen molar-refractivity contribution in [3.63, 3.8) is 0 Å². The minimum atomic E-state index is 0.186. The van der Waals surface area contributed by atoms with E-state index in [1.54, 1.807) is 0 Å². The molecule has 4 heteroatoms. The summed E-state index contributed by atoms with van der Waals surface area (Å²) in [4.78, 5) is 2.47. The molecule has 3 N–H and O–H groups in total. The number of benzene rings is 1. The van der Waals surface area contributed by atoms with E-state index in [1.807, 2.05) is 32.0 Å². The summed E-state index contributed by atoms with van der Waals surface area (Å²) in [5.74, 6) is 1.70. The molecule has 3 nitrogen and oxygen atoms in total. The van der Waals surface area contributed by atoms with Crippen molar-refractivity contribution in [2.75, 3.05) is 19.6 Å². The quantitative estimate of drug-likeness (QED) is 0.900. The Bertz CT molecular complexity index is 423. The van der Waals surface area contributed by atoms with Crippen LogP contribution in [0.1, 0.15) is 25.8 Å². The van der Waals surface area contributed by atoms with E-state index in [2.05, 4.69) is 10.6 Å².